The number of fused-ring (bicyclic) bond motifs is 1. The first-order valence-corrected chi connectivity index (χ1v) is 7.96. The lowest BCUT2D eigenvalue weighted by Crippen LogP contribution is -2.37. The number of hydrogen-bond donors (Lipinski definition) is 1. The standard InChI is InChI=1S/C18H19BrO/c19-16-8-3-5-14(11-16)12-18(13-20)10-4-7-15-6-1-2-9-17(15)18/h1-3,5-6,8-9,11,20H,4,7,10,12-13H2. The molecule has 1 nitrogen and oxygen atoms in total. The second-order valence-electron chi connectivity index (χ2n) is 5.76. The minimum Gasteiger partial charge on any atom is -0.395 e. The van der Waals surface area contributed by atoms with Crippen molar-refractivity contribution in [2.24, 2.45) is 0 Å². The molecule has 1 atom stereocenters. The first-order valence-electron chi connectivity index (χ1n) is 7.17. The number of halogens is 1. The third-order valence-electron chi connectivity index (χ3n) is 4.42. The quantitative estimate of drug-likeness (QED) is 0.891. The highest BCUT2D eigenvalue weighted by Gasteiger charge is 2.35. The number of hydrogen-bond acceptors (Lipinski definition) is 1. The maximum absolute atomic E-state index is 10.1. The normalized spacial score (nSPS) is 21.5. The minimum atomic E-state index is -0.115. The van der Waals surface area contributed by atoms with Crippen LogP contribution in [0.1, 0.15) is 29.5 Å². The topological polar surface area (TPSA) is 20.2 Å². The van der Waals surface area contributed by atoms with Gasteiger partial charge in [-0.3, -0.25) is 0 Å². The van der Waals surface area contributed by atoms with Gasteiger partial charge in [-0.25, -0.2) is 0 Å². The van der Waals surface area contributed by atoms with Crippen molar-refractivity contribution >= 4 is 15.9 Å². The van der Waals surface area contributed by atoms with Crippen molar-refractivity contribution in [3.63, 3.8) is 0 Å². The van der Waals surface area contributed by atoms with Gasteiger partial charge in [0.1, 0.15) is 0 Å². The van der Waals surface area contributed by atoms with E-state index in [1.807, 2.05) is 6.07 Å². The molecule has 0 heterocycles. The van der Waals surface area contributed by atoms with Gasteiger partial charge >= 0.3 is 0 Å². The van der Waals surface area contributed by atoms with E-state index < -0.39 is 0 Å². The highest BCUT2D eigenvalue weighted by atomic mass is 79.9. The van der Waals surface area contributed by atoms with Crippen LogP contribution in [0.2, 0.25) is 0 Å². The molecule has 0 fully saturated rings. The number of aryl methyl sites for hydroxylation is 1. The van der Waals surface area contributed by atoms with Crippen LogP contribution >= 0.6 is 15.9 Å². The van der Waals surface area contributed by atoms with Crippen LogP contribution in [-0.2, 0) is 18.3 Å². The molecule has 2 heteroatoms. The summed E-state index contributed by atoms with van der Waals surface area (Å²) >= 11 is 3.54. The van der Waals surface area contributed by atoms with Gasteiger partial charge in [-0.15, -0.1) is 0 Å². The number of benzene rings is 2. The number of aliphatic hydroxyl groups is 1. The Kier molecular flexibility index (Phi) is 3.95. The fourth-order valence-corrected chi connectivity index (χ4v) is 3.90. The molecule has 0 spiro atoms. The number of rotatable bonds is 3. The lowest BCUT2D eigenvalue weighted by atomic mass is 9.67. The molecule has 2 aromatic rings. The zero-order chi connectivity index (χ0) is 14.0. The molecule has 1 N–H and O–H groups in total. The molecule has 0 amide bonds. The molecule has 2 aromatic carbocycles. The van der Waals surface area contributed by atoms with Gasteiger partial charge in [-0.1, -0.05) is 52.3 Å². The lowest BCUT2D eigenvalue weighted by molar-refractivity contribution is 0.173. The molecule has 0 aromatic heterocycles. The SMILES string of the molecule is OCC1(Cc2cccc(Br)c2)CCCc2ccccc21. The Hall–Kier alpha value is -1.12. The van der Waals surface area contributed by atoms with E-state index in [1.54, 1.807) is 0 Å². The van der Waals surface area contributed by atoms with Crippen molar-refractivity contribution in [3.05, 3.63) is 69.7 Å². The summed E-state index contributed by atoms with van der Waals surface area (Å²) in [5.41, 5.74) is 3.91. The number of aliphatic hydroxyl groups excluding tert-OH is 1. The summed E-state index contributed by atoms with van der Waals surface area (Å²) in [6.07, 6.45) is 4.26. The van der Waals surface area contributed by atoms with Crippen LogP contribution in [0.15, 0.2) is 53.0 Å². The van der Waals surface area contributed by atoms with Crippen LogP contribution in [-0.4, -0.2) is 11.7 Å². The van der Waals surface area contributed by atoms with E-state index in [9.17, 15) is 5.11 Å². The maximum Gasteiger partial charge on any atom is 0.0531 e. The van der Waals surface area contributed by atoms with Gasteiger partial charge in [0.2, 0.25) is 0 Å². The Balaban J connectivity index is 2.00. The predicted octanol–water partition coefficient (Wildman–Crippen LogP) is 4.26. The maximum atomic E-state index is 10.1. The Morgan fingerprint density at radius 2 is 1.95 bits per heavy atom. The first kappa shape index (κ1) is 13.8. The molecule has 0 aliphatic heterocycles. The van der Waals surface area contributed by atoms with Crippen LogP contribution in [0.4, 0.5) is 0 Å². The fraction of sp³-hybridized carbons (Fsp3) is 0.333. The third-order valence-corrected chi connectivity index (χ3v) is 4.92. The van der Waals surface area contributed by atoms with E-state index in [0.29, 0.717) is 0 Å². The molecular formula is C18H19BrO. The summed E-state index contributed by atoms with van der Waals surface area (Å²) in [4.78, 5) is 0. The second kappa shape index (κ2) is 5.71. The summed E-state index contributed by atoms with van der Waals surface area (Å²) in [7, 11) is 0. The zero-order valence-corrected chi connectivity index (χ0v) is 13.1. The largest absolute Gasteiger partial charge is 0.395 e. The first-order chi connectivity index (χ1) is 9.73. The molecule has 104 valence electrons. The van der Waals surface area contributed by atoms with E-state index in [2.05, 4.69) is 58.4 Å². The zero-order valence-electron chi connectivity index (χ0n) is 11.5. The minimum absolute atomic E-state index is 0.115. The third kappa shape index (κ3) is 2.55. The molecular weight excluding hydrogens is 312 g/mol. The smallest absolute Gasteiger partial charge is 0.0531 e. The van der Waals surface area contributed by atoms with E-state index >= 15 is 0 Å². The Morgan fingerprint density at radius 3 is 2.75 bits per heavy atom. The van der Waals surface area contributed by atoms with Crippen LogP contribution < -0.4 is 0 Å². The molecule has 3 rings (SSSR count). The van der Waals surface area contributed by atoms with Gasteiger partial charge < -0.3 is 5.11 Å². The van der Waals surface area contributed by atoms with Gasteiger partial charge in [0.15, 0.2) is 0 Å². The van der Waals surface area contributed by atoms with Crippen molar-refractivity contribution in [2.75, 3.05) is 6.61 Å². The van der Waals surface area contributed by atoms with Crippen molar-refractivity contribution in [3.8, 4) is 0 Å². The molecule has 1 unspecified atom stereocenters. The molecule has 0 bridgehead atoms. The summed E-state index contributed by atoms with van der Waals surface area (Å²) in [6.45, 7) is 0.219. The van der Waals surface area contributed by atoms with Crippen molar-refractivity contribution in [1.29, 1.82) is 0 Å². The highest BCUT2D eigenvalue weighted by Crippen LogP contribution is 2.39. The molecule has 0 saturated carbocycles. The average Bonchev–Trinajstić information content (AvgIpc) is 2.47. The van der Waals surface area contributed by atoms with Gasteiger partial charge in [0, 0.05) is 9.89 Å². The Morgan fingerprint density at radius 1 is 1.10 bits per heavy atom. The second-order valence-corrected chi connectivity index (χ2v) is 6.67. The van der Waals surface area contributed by atoms with E-state index in [-0.39, 0.29) is 12.0 Å². The molecule has 1 aliphatic carbocycles. The monoisotopic (exact) mass is 330 g/mol. The van der Waals surface area contributed by atoms with Gasteiger partial charge in [0.25, 0.3) is 0 Å². The van der Waals surface area contributed by atoms with E-state index in [1.165, 1.54) is 16.7 Å². The molecule has 1 aliphatic rings. The predicted molar refractivity (Wildman–Crippen MR) is 86.0 cm³/mol. The lowest BCUT2D eigenvalue weighted by Gasteiger charge is -2.38. The van der Waals surface area contributed by atoms with Crippen LogP contribution in [0.5, 0.6) is 0 Å². The summed E-state index contributed by atoms with van der Waals surface area (Å²) in [5.74, 6) is 0. The summed E-state index contributed by atoms with van der Waals surface area (Å²) in [5, 5.41) is 10.1. The highest BCUT2D eigenvalue weighted by molar-refractivity contribution is 9.10. The molecule has 0 saturated heterocycles. The average molecular weight is 331 g/mol. The van der Waals surface area contributed by atoms with Gasteiger partial charge in [0.05, 0.1) is 6.61 Å². The fourth-order valence-electron chi connectivity index (χ4n) is 3.45. The van der Waals surface area contributed by atoms with E-state index in [0.717, 1.165) is 30.2 Å². The van der Waals surface area contributed by atoms with Crippen molar-refractivity contribution in [2.45, 2.75) is 31.1 Å². The molecule has 20 heavy (non-hydrogen) atoms. The summed E-state index contributed by atoms with van der Waals surface area (Å²) in [6, 6.07) is 17.0. The molecule has 0 radical (unpaired) electrons. The van der Waals surface area contributed by atoms with Gasteiger partial charge in [-0.2, -0.15) is 0 Å². The van der Waals surface area contributed by atoms with Crippen LogP contribution in [0.3, 0.4) is 0 Å². The van der Waals surface area contributed by atoms with Crippen molar-refractivity contribution < 1.29 is 5.11 Å². The van der Waals surface area contributed by atoms with Crippen LogP contribution in [0.25, 0.3) is 0 Å². The van der Waals surface area contributed by atoms with Crippen molar-refractivity contribution in [1.82, 2.24) is 0 Å². The Bertz CT molecular complexity index is 608. The van der Waals surface area contributed by atoms with Crippen LogP contribution in [0, 0.1) is 0 Å². The van der Waals surface area contributed by atoms with Gasteiger partial charge in [-0.05, 0) is 54.5 Å². The summed E-state index contributed by atoms with van der Waals surface area (Å²) < 4.78 is 1.10. The Labute approximate surface area is 128 Å². The van der Waals surface area contributed by atoms with E-state index in [4.69, 9.17) is 0 Å².